The minimum absolute atomic E-state index is 0.0353. The van der Waals surface area contributed by atoms with Crippen LogP contribution in [-0.2, 0) is 0 Å². The van der Waals surface area contributed by atoms with Gasteiger partial charge in [0.25, 0.3) is 0 Å². The smallest absolute Gasteiger partial charge is 0.317 e. The number of likely N-dealkylation sites (tertiary alicyclic amines) is 1. The van der Waals surface area contributed by atoms with Crippen molar-refractivity contribution in [1.29, 1.82) is 0 Å². The number of piperidine rings is 1. The normalized spacial score (nSPS) is 16.5. The Balaban J connectivity index is 1.78. The van der Waals surface area contributed by atoms with Crippen molar-refractivity contribution in [3.8, 4) is 5.75 Å². The van der Waals surface area contributed by atoms with E-state index in [4.69, 9.17) is 4.74 Å². The number of urea groups is 1. The number of nitrogens with zero attached hydrogens (tertiary/aromatic N) is 1. The number of ether oxygens (including phenoxy) is 1. The van der Waals surface area contributed by atoms with Crippen LogP contribution < -0.4 is 10.1 Å². The van der Waals surface area contributed by atoms with Crippen molar-refractivity contribution in [1.82, 2.24) is 10.2 Å². The molecule has 1 aromatic rings. The lowest BCUT2D eigenvalue weighted by molar-refractivity contribution is 0.110. The highest BCUT2D eigenvalue weighted by atomic mass is 16.5. The van der Waals surface area contributed by atoms with Crippen LogP contribution in [0, 0.1) is 0 Å². The Hall–Kier alpha value is -1.71. The molecule has 1 heterocycles. The number of hydrogen-bond acceptors (Lipinski definition) is 2. The molecular weight excluding hydrogens is 240 g/mol. The van der Waals surface area contributed by atoms with Gasteiger partial charge in [-0.3, -0.25) is 0 Å². The van der Waals surface area contributed by atoms with Crippen molar-refractivity contribution in [2.45, 2.75) is 38.8 Å². The summed E-state index contributed by atoms with van der Waals surface area (Å²) >= 11 is 0. The predicted octanol–water partition coefficient (Wildman–Crippen LogP) is 2.65. The van der Waals surface area contributed by atoms with Crippen molar-refractivity contribution < 1.29 is 9.53 Å². The molecule has 2 rings (SSSR count). The molecule has 1 aromatic carbocycles. The molecule has 1 aliphatic rings. The zero-order valence-electron chi connectivity index (χ0n) is 11.6. The lowest BCUT2D eigenvalue weighted by Gasteiger charge is -2.32. The summed E-state index contributed by atoms with van der Waals surface area (Å²) in [5.41, 5.74) is 0. The minimum Gasteiger partial charge on any atom is -0.490 e. The standard InChI is InChI=1S/C15H22N2O2/c1-12(2)16-15(18)17-10-8-14(9-11-17)19-13-6-4-3-5-7-13/h3-7,12,14H,8-11H2,1-2H3,(H,16,18). The van der Waals surface area contributed by atoms with Crippen molar-refractivity contribution in [3.05, 3.63) is 30.3 Å². The summed E-state index contributed by atoms with van der Waals surface area (Å²) in [5.74, 6) is 0.910. The third-order valence-electron chi connectivity index (χ3n) is 3.19. The van der Waals surface area contributed by atoms with Gasteiger partial charge in [-0.2, -0.15) is 0 Å². The Labute approximate surface area is 114 Å². The Bertz CT molecular complexity index is 398. The quantitative estimate of drug-likeness (QED) is 0.910. The first kappa shape index (κ1) is 13.7. The fourth-order valence-corrected chi connectivity index (χ4v) is 2.21. The zero-order chi connectivity index (χ0) is 13.7. The van der Waals surface area contributed by atoms with E-state index in [0.717, 1.165) is 31.7 Å². The summed E-state index contributed by atoms with van der Waals surface area (Å²) in [5, 5.41) is 2.92. The van der Waals surface area contributed by atoms with E-state index in [1.54, 1.807) is 0 Å². The third-order valence-corrected chi connectivity index (χ3v) is 3.19. The van der Waals surface area contributed by atoms with Gasteiger partial charge in [0.05, 0.1) is 0 Å². The van der Waals surface area contributed by atoms with Gasteiger partial charge in [0.15, 0.2) is 0 Å². The summed E-state index contributed by atoms with van der Waals surface area (Å²) in [6.45, 7) is 5.47. The molecule has 1 N–H and O–H groups in total. The average Bonchev–Trinajstić information content (AvgIpc) is 2.40. The van der Waals surface area contributed by atoms with Crippen LogP contribution in [0.1, 0.15) is 26.7 Å². The number of amides is 2. The van der Waals surface area contributed by atoms with Crippen molar-refractivity contribution in [3.63, 3.8) is 0 Å². The molecule has 19 heavy (non-hydrogen) atoms. The molecule has 0 atom stereocenters. The SMILES string of the molecule is CC(C)NC(=O)N1CCC(Oc2ccccc2)CC1. The molecule has 0 radical (unpaired) electrons. The largest absolute Gasteiger partial charge is 0.490 e. The number of rotatable bonds is 3. The monoisotopic (exact) mass is 262 g/mol. The molecule has 0 bridgehead atoms. The molecule has 0 saturated carbocycles. The summed E-state index contributed by atoms with van der Waals surface area (Å²) in [6, 6.07) is 10.1. The maximum absolute atomic E-state index is 11.8. The third kappa shape index (κ3) is 4.16. The van der Waals surface area contributed by atoms with Gasteiger partial charge in [0.1, 0.15) is 11.9 Å². The summed E-state index contributed by atoms with van der Waals surface area (Å²) in [4.78, 5) is 13.7. The Kier molecular flexibility index (Phi) is 4.66. The van der Waals surface area contributed by atoms with E-state index in [9.17, 15) is 4.79 Å². The highest BCUT2D eigenvalue weighted by Crippen LogP contribution is 2.18. The molecule has 0 unspecified atom stereocenters. The molecule has 1 aliphatic heterocycles. The van der Waals surface area contributed by atoms with Crippen LogP contribution in [0.2, 0.25) is 0 Å². The predicted molar refractivity (Wildman–Crippen MR) is 75.3 cm³/mol. The van der Waals surface area contributed by atoms with Gasteiger partial charge in [0.2, 0.25) is 0 Å². The second-order valence-electron chi connectivity index (χ2n) is 5.22. The topological polar surface area (TPSA) is 41.6 Å². The number of carbonyl (C=O) groups is 1. The molecule has 2 amide bonds. The van der Waals surface area contributed by atoms with E-state index in [-0.39, 0.29) is 18.2 Å². The van der Waals surface area contributed by atoms with Crippen LogP contribution in [0.4, 0.5) is 4.79 Å². The molecule has 4 heteroatoms. The highest BCUT2D eigenvalue weighted by molar-refractivity contribution is 5.74. The minimum atomic E-state index is 0.0353. The van der Waals surface area contributed by atoms with Gasteiger partial charge in [0, 0.05) is 32.0 Å². The van der Waals surface area contributed by atoms with Crippen LogP contribution in [-0.4, -0.2) is 36.2 Å². The second-order valence-corrected chi connectivity index (χ2v) is 5.22. The maximum Gasteiger partial charge on any atom is 0.317 e. The average molecular weight is 262 g/mol. The Morgan fingerprint density at radius 2 is 1.89 bits per heavy atom. The van der Waals surface area contributed by atoms with Gasteiger partial charge in [-0.15, -0.1) is 0 Å². The fourth-order valence-electron chi connectivity index (χ4n) is 2.21. The number of para-hydroxylation sites is 1. The van der Waals surface area contributed by atoms with Gasteiger partial charge < -0.3 is 15.0 Å². The maximum atomic E-state index is 11.8. The Morgan fingerprint density at radius 1 is 1.26 bits per heavy atom. The van der Waals surface area contributed by atoms with Crippen molar-refractivity contribution >= 4 is 6.03 Å². The fraction of sp³-hybridized carbons (Fsp3) is 0.533. The number of carbonyl (C=O) groups excluding carboxylic acids is 1. The molecule has 0 aliphatic carbocycles. The van der Waals surface area contributed by atoms with Gasteiger partial charge >= 0.3 is 6.03 Å². The van der Waals surface area contributed by atoms with Crippen molar-refractivity contribution in [2.24, 2.45) is 0 Å². The van der Waals surface area contributed by atoms with Crippen molar-refractivity contribution in [2.75, 3.05) is 13.1 Å². The summed E-state index contributed by atoms with van der Waals surface area (Å²) < 4.78 is 5.91. The van der Waals surface area contributed by atoms with Crippen LogP contribution in [0.5, 0.6) is 5.75 Å². The number of nitrogens with one attached hydrogen (secondary N) is 1. The molecule has 1 saturated heterocycles. The number of benzene rings is 1. The first-order valence-electron chi connectivity index (χ1n) is 6.92. The lowest BCUT2D eigenvalue weighted by Crippen LogP contribution is -2.48. The van der Waals surface area contributed by atoms with E-state index < -0.39 is 0 Å². The van der Waals surface area contributed by atoms with Crippen LogP contribution in [0.25, 0.3) is 0 Å². The summed E-state index contributed by atoms with van der Waals surface area (Å²) in [7, 11) is 0. The van der Waals surface area contributed by atoms with Crippen LogP contribution >= 0.6 is 0 Å². The van der Waals surface area contributed by atoms with E-state index in [2.05, 4.69) is 5.32 Å². The molecule has 104 valence electrons. The van der Waals surface area contributed by atoms with E-state index >= 15 is 0 Å². The van der Waals surface area contributed by atoms with E-state index in [1.165, 1.54) is 0 Å². The lowest BCUT2D eigenvalue weighted by atomic mass is 10.1. The Morgan fingerprint density at radius 3 is 2.47 bits per heavy atom. The molecule has 1 fully saturated rings. The van der Waals surface area contributed by atoms with Crippen LogP contribution in [0.15, 0.2) is 30.3 Å². The second kappa shape index (κ2) is 6.45. The summed E-state index contributed by atoms with van der Waals surface area (Å²) in [6.07, 6.45) is 1.99. The van der Waals surface area contributed by atoms with E-state index in [0.29, 0.717) is 0 Å². The van der Waals surface area contributed by atoms with Gasteiger partial charge in [-0.05, 0) is 26.0 Å². The number of hydrogen-bond donors (Lipinski definition) is 1. The van der Waals surface area contributed by atoms with Gasteiger partial charge in [-0.25, -0.2) is 4.79 Å². The zero-order valence-corrected chi connectivity index (χ0v) is 11.6. The molecular formula is C15H22N2O2. The van der Waals surface area contributed by atoms with E-state index in [1.807, 2.05) is 49.1 Å². The first-order chi connectivity index (χ1) is 9.15. The molecule has 0 spiro atoms. The first-order valence-corrected chi connectivity index (χ1v) is 6.92. The highest BCUT2D eigenvalue weighted by Gasteiger charge is 2.23. The van der Waals surface area contributed by atoms with Crippen LogP contribution in [0.3, 0.4) is 0 Å². The molecule has 4 nitrogen and oxygen atoms in total. The van der Waals surface area contributed by atoms with Gasteiger partial charge in [-0.1, -0.05) is 18.2 Å². The molecule has 0 aromatic heterocycles.